The number of benzene rings is 7. The fraction of sp³-hybridized carbons (Fsp3) is 0. The normalized spacial score (nSPS) is 16.3. The second-order valence-electron chi connectivity index (χ2n) is 10.3. The van der Waals surface area contributed by atoms with Crippen LogP contribution in [0.25, 0.3) is 43.4 Å². The molecule has 0 N–H and O–H groups in total. The molecular weight excluding hydrogens is 520 g/mol. The molecule has 0 bridgehead atoms. The summed E-state index contributed by atoms with van der Waals surface area (Å²) in [6.07, 6.45) is 0. The molecule has 3 nitrogen and oxygen atoms in total. The van der Waals surface area contributed by atoms with Crippen LogP contribution in [0.5, 0.6) is 0 Å². The van der Waals surface area contributed by atoms with Crippen molar-refractivity contribution in [3.63, 3.8) is 0 Å². The van der Waals surface area contributed by atoms with E-state index in [1.54, 1.807) is 0 Å². The maximum Gasteiger partial charge on any atom is 0.170 e. The zero-order chi connectivity index (χ0) is 27.4. The molecule has 194 valence electrons. The average Bonchev–Trinajstić information content (AvgIpc) is 3.05. The number of para-hydroxylation sites is 1. The summed E-state index contributed by atoms with van der Waals surface area (Å²) in [7, 11) is -2.88. The van der Waals surface area contributed by atoms with Gasteiger partial charge in [0.25, 0.3) is 0 Å². The van der Waals surface area contributed by atoms with E-state index in [0.29, 0.717) is 21.3 Å². The third-order valence-corrected chi connectivity index (χ3v) is 10.1. The van der Waals surface area contributed by atoms with Gasteiger partial charge in [-0.25, -0.2) is 9.20 Å². The first-order chi connectivity index (χ1) is 20.2. The first-order valence-electron chi connectivity index (χ1n) is 13.6. The molecule has 7 aromatic rings. The Kier molecular flexibility index (Phi) is 5.37. The summed E-state index contributed by atoms with van der Waals surface area (Å²) < 4.78 is 19.3. The van der Waals surface area contributed by atoms with Crippen LogP contribution in [0, 0.1) is 0 Å². The topological polar surface area (TPSA) is 41.8 Å². The first-order valence-corrected chi connectivity index (χ1v) is 15.1. The zero-order valence-electron chi connectivity index (χ0n) is 22.1. The summed E-state index contributed by atoms with van der Waals surface area (Å²) in [6.45, 7) is 0. The Morgan fingerprint density at radius 2 is 1.00 bits per heavy atom. The van der Waals surface area contributed by atoms with Gasteiger partial charge in [-0.2, -0.15) is 4.36 Å². The Hall–Kier alpha value is -5.06. The number of hydrogen-bond donors (Lipinski definition) is 0. The molecule has 0 saturated carbocycles. The van der Waals surface area contributed by atoms with Crippen molar-refractivity contribution in [2.75, 3.05) is 0 Å². The van der Waals surface area contributed by atoms with Crippen LogP contribution in [0.3, 0.4) is 0 Å². The monoisotopic (exact) mass is 544 g/mol. The van der Waals surface area contributed by atoms with Crippen molar-refractivity contribution < 1.29 is 4.21 Å². The highest BCUT2D eigenvalue weighted by atomic mass is 32.2. The van der Waals surface area contributed by atoms with Gasteiger partial charge in [0.05, 0.1) is 15.5 Å². The van der Waals surface area contributed by atoms with Crippen LogP contribution >= 0.6 is 0 Å². The van der Waals surface area contributed by atoms with Gasteiger partial charge in [-0.1, -0.05) is 109 Å². The minimum atomic E-state index is -2.88. The number of aliphatic imine (C=N–C) groups is 1. The maximum absolute atomic E-state index is 14.5. The lowest BCUT2D eigenvalue weighted by Gasteiger charge is -2.18. The lowest BCUT2D eigenvalue weighted by atomic mass is 9.92. The van der Waals surface area contributed by atoms with Crippen LogP contribution in [-0.2, 0) is 9.73 Å². The van der Waals surface area contributed by atoms with Gasteiger partial charge in [0.1, 0.15) is 9.73 Å². The van der Waals surface area contributed by atoms with Crippen molar-refractivity contribution >= 4 is 53.6 Å². The highest BCUT2D eigenvalue weighted by Crippen LogP contribution is 2.38. The van der Waals surface area contributed by atoms with E-state index in [1.807, 2.05) is 66.7 Å². The van der Waals surface area contributed by atoms with Crippen LogP contribution in [0.2, 0.25) is 0 Å². The molecule has 0 spiro atoms. The second-order valence-corrected chi connectivity index (χ2v) is 12.4. The van der Waals surface area contributed by atoms with E-state index in [1.165, 1.54) is 32.3 Å². The molecule has 0 saturated heterocycles. The van der Waals surface area contributed by atoms with Gasteiger partial charge in [0.2, 0.25) is 0 Å². The summed E-state index contributed by atoms with van der Waals surface area (Å²) in [5, 5.41) is 7.49. The van der Waals surface area contributed by atoms with Crippen LogP contribution in [0.4, 0.5) is 5.69 Å². The molecule has 8 rings (SSSR count). The van der Waals surface area contributed by atoms with Gasteiger partial charge in [-0.15, -0.1) is 0 Å². The lowest BCUT2D eigenvalue weighted by molar-refractivity contribution is 0.676. The summed E-state index contributed by atoms with van der Waals surface area (Å²) >= 11 is 0. The van der Waals surface area contributed by atoms with Gasteiger partial charge in [0, 0.05) is 5.56 Å². The Bertz CT molecular complexity index is 2280. The van der Waals surface area contributed by atoms with E-state index in [-0.39, 0.29) is 0 Å². The molecule has 0 fully saturated rings. The third kappa shape index (κ3) is 3.80. The second kappa shape index (κ2) is 9.26. The fourth-order valence-corrected chi connectivity index (χ4v) is 7.95. The maximum atomic E-state index is 14.5. The number of amidine groups is 1. The SMILES string of the molecule is O=S1(c2ccccc2)=NC(c2cccc(-c3ccc4c5ccccc5c5ccccc5c4c3)c2)=Nc2ccccc21. The predicted molar refractivity (Wildman–Crippen MR) is 171 cm³/mol. The highest BCUT2D eigenvalue weighted by molar-refractivity contribution is 7.94. The molecular formula is C37H24N2OS. The van der Waals surface area contributed by atoms with Crippen molar-refractivity contribution in [3.8, 4) is 11.1 Å². The molecule has 1 heterocycles. The van der Waals surface area contributed by atoms with E-state index in [0.717, 1.165) is 16.7 Å². The van der Waals surface area contributed by atoms with Gasteiger partial charge >= 0.3 is 0 Å². The van der Waals surface area contributed by atoms with E-state index in [9.17, 15) is 4.21 Å². The van der Waals surface area contributed by atoms with E-state index in [2.05, 4.69) is 78.9 Å². The molecule has 0 amide bonds. The number of rotatable bonds is 3. The Balaban J connectivity index is 1.31. The number of nitrogens with zero attached hydrogens (tertiary/aromatic N) is 2. The minimum absolute atomic E-state index is 0.483. The summed E-state index contributed by atoms with van der Waals surface area (Å²) in [6, 6.07) is 49.3. The average molecular weight is 545 g/mol. The molecule has 7 aromatic carbocycles. The minimum Gasteiger partial charge on any atom is -0.239 e. The standard InChI is InChI=1S/C37H24N2OS/c40-41(28-13-2-1-3-14-28)36-20-9-8-19-35(36)38-37(39-41)27-12-10-11-25(23-27)26-21-22-33-31-17-5-4-15-29(31)30-16-6-7-18-32(30)34(33)24-26/h1-24H. The van der Waals surface area contributed by atoms with E-state index in [4.69, 9.17) is 9.36 Å². The summed E-state index contributed by atoms with van der Waals surface area (Å²) in [5.74, 6) is 0.483. The number of fused-ring (bicyclic) bond motifs is 7. The molecule has 1 aliphatic heterocycles. The quantitative estimate of drug-likeness (QED) is 0.204. The first kappa shape index (κ1) is 23.8. The van der Waals surface area contributed by atoms with Crippen molar-refractivity contribution in [1.82, 2.24) is 0 Å². The zero-order valence-corrected chi connectivity index (χ0v) is 22.9. The fourth-order valence-electron chi connectivity index (χ4n) is 5.92. The molecule has 1 unspecified atom stereocenters. The van der Waals surface area contributed by atoms with E-state index < -0.39 is 9.73 Å². The smallest absolute Gasteiger partial charge is 0.170 e. The molecule has 0 aromatic heterocycles. The molecule has 1 atom stereocenters. The van der Waals surface area contributed by atoms with Crippen molar-refractivity contribution in [1.29, 1.82) is 0 Å². The van der Waals surface area contributed by atoms with Crippen LogP contribution < -0.4 is 0 Å². The van der Waals surface area contributed by atoms with Crippen LogP contribution in [0.1, 0.15) is 5.56 Å². The van der Waals surface area contributed by atoms with Crippen molar-refractivity contribution in [2.24, 2.45) is 9.36 Å². The predicted octanol–water partition coefficient (Wildman–Crippen LogP) is 9.79. The van der Waals surface area contributed by atoms with E-state index >= 15 is 0 Å². The molecule has 0 radical (unpaired) electrons. The largest absolute Gasteiger partial charge is 0.239 e. The van der Waals surface area contributed by atoms with Crippen LogP contribution in [-0.4, -0.2) is 10.0 Å². The summed E-state index contributed by atoms with van der Waals surface area (Å²) in [5.41, 5.74) is 3.70. The molecule has 4 heteroatoms. The molecule has 41 heavy (non-hydrogen) atoms. The summed E-state index contributed by atoms with van der Waals surface area (Å²) in [4.78, 5) is 6.20. The lowest BCUT2D eigenvalue weighted by Crippen LogP contribution is -2.11. The molecule has 1 aliphatic rings. The third-order valence-electron chi connectivity index (χ3n) is 7.87. The van der Waals surface area contributed by atoms with Gasteiger partial charge < -0.3 is 0 Å². The Morgan fingerprint density at radius 1 is 0.439 bits per heavy atom. The Morgan fingerprint density at radius 3 is 1.73 bits per heavy atom. The number of hydrogen-bond acceptors (Lipinski definition) is 3. The van der Waals surface area contributed by atoms with Gasteiger partial charge in [-0.05, 0) is 79.8 Å². The molecule has 0 aliphatic carbocycles. The van der Waals surface area contributed by atoms with Crippen molar-refractivity contribution in [3.05, 3.63) is 151 Å². The highest BCUT2D eigenvalue weighted by Gasteiger charge is 2.25. The van der Waals surface area contributed by atoms with Gasteiger partial charge in [0.15, 0.2) is 5.84 Å². The van der Waals surface area contributed by atoms with Crippen molar-refractivity contribution in [2.45, 2.75) is 9.79 Å². The Labute approximate surface area is 238 Å². The van der Waals surface area contributed by atoms with Crippen LogP contribution in [0.15, 0.2) is 165 Å². The van der Waals surface area contributed by atoms with Gasteiger partial charge in [-0.3, -0.25) is 0 Å².